The third kappa shape index (κ3) is 4.55. The second kappa shape index (κ2) is 6.53. The predicted octanol–water partition coefficient (Wildman–Crippen LogP) is 1.23. The van der Waals surface area contributed by atoms with Crippen LogP contribution in [0, 0.1) is 12.3 Å². The number of hydrogen-bond acceptors (Lipinski definition) is 4. The Hall–Kier alpha value is -2.03. The molecule has 0 unspecified atom stereocenters. The molecule has 0 aliphatic heterocycles. The first-order valence-electron chi connectivity index (χ1n) is 4.98. The molecule has 0 fully saturated rings. The molecule has 5 heteroatoms. The average Bonchev–Trinajstić information content (AvgIpc) is 2.32. The number of benzene rings is 1. The quantitative estimate of drug-likeness (QED) is 0.467. The topological polar surface area (TPSA) is 61.8 Å². The fraction of sp³-hybridized carbons (Fsp3) is 0.250. The molecule has 0 radical (unpaired) electrons. The number of carbonyl (C=O) groups is 1. The van der Waals surface area contributed by atoms with Crippen molar-refractivity contribution in [3.05, 3.63) is 29.8 Å². The molecule has 17 heavy (non-hydrogen) atoms. The van der Waals surface area contributed by atoms with Gasteiger partial charge in [-0.05, 0) is 24.7 Å². The van der Waals surface area contributed by atoms with Gasteiger partial charge in [0.25, 0.3) is 0 Å². The van der Waals surface area contributed by atoms with Crippen LogP contribution in [0.3, 0.4) is 0 Å². The second-order valence-electron chi connectivity index (χ2n) is 3.52. The van der Waals surface area contributed by atoms with E-state index in [0.717, 1.165) is 12.1 Å². The van der Waals surface area contributed by atoms with Crippen LogP contribution in [-0.2, 0) is 6.54 Å². The Kier molecular flexibility index (Phi) is 5.01. The Bertz CT molecular complexity index is 409. The van der Waals surface area contributed by atoms with Crippen molar-refractivity contribution in [2.45, 2.75) is 6.54 Å². The molecule has 0 spiro atoms. The van der Waals surface area contributed by atoms with Crippen molar-refractivity contribution in [1.82, 2.24) is 10.4 Å². The summed E-state index contributed by atoms with van der Waals surface area (Å²) in [6.07, 6.45) is 4.28. The summed E-state index contributed by atoms with van der Waals surface area (Å²) in [5.41, 5.74) is 2.44. The summed E-state index contributed by atoms with van der Waals surface area (Å²) in [5.74, 6) is 2.91. The first-order valence-corrected chi connectivity index (χ1v) is 4.98. The molecule has 0 atom stereocenters. The van der Waals surface area contributed by atoms with Crippen molar-refractivity contribution < 1.29 is 14.7 Å². The van der Waals surface area contributed by atoms with E-state index in [-0.39, 0.29) is 0 Å². The lowest BCUT2D eigenvalue weighted by Gasteiger charge is -2.13. The number of nitrogens with one attached hydrogen (secondary N) is 1. The summed E-state index contributed by atoms with van der Waals surface area (Å²) >= 11 is 0. The van der Waals surface area contributed by atoms with E-state index < -0.39 is 6.09 Å². The largest absolute Gasteiger partial charge is 0.436 e. The van der Waals surface area contributed by atoms with E-state index in [1.165, 1.54) is 5.48 Å². The van der Waals surface area contributed by atoms with Crippen LogP contribution in [0.1, 0.15) is 5.56 Å². The maximum atomic E-state index is 10.7. The van der Waals surface area contributed by atoms with E-state index >= 15 is 0 Å². The summed E-state index contributed by atoms with van der Waals surface area (Å²) in [6.45, 7) is 1.29. The van der Waals surface area contributed by atoms with E-state index in [9.17, 15) is 4.79 Å². The van der Waals surface area contributed by atoms with Gasteiger partial charge < -0.3 is 4.74 Å². The smallest absolute Gasteiger partial charge is 0.409 e. The Balaban J connectivity index is 2.56. The number of amides is 1. The number of rotatable bonds is 4. The minimum atomic E-state index is -0.915. The SMILES string of the molecule is C#CCN(C)Cc1ccc(OC(=O)NO)cc1. The van der Waals surface area contributed by atoms with Crippen LogP contribution in [0.25, 0.3) is 0 Å². The molecule has 1 rings (SSSR count). The molecule has 1 aromatic rings. The molecule has 0 aliphatic carbocycles. The predicted molar refractivity (Wildman–Crippen MR) is 62.6 cm³/mol. The van der Waals surface area contributed by atoms with Crippen LogP contribution in [0.4, 0.5) is 4.79 Å². The van der Waals surface area contributed by atoms with Gasteiger partial charge in [-0.1, -0.05) is 18.1 Å². The third-order valence-corrected chi connectivity index (χ3v) is 2.04. The van der Waals surface area contributed by atoms with Gasteiger partial charge in [-0.2, -0.15) is 0 Å². The number of hydrogen-bond donors (Lipinski definition) is 2. The van der Waals surface area contributed by atoms with Gasteiger partial charge >= 0.3 is 6.09 Å². The van der Waals surface area contributed by atoms with Gasteiger partial charge in [0.2, 0.25) is 0 Å². The lowest BCUT2D eigenvalue weighted by atomic mass is 10.2. The molecule has 1 amide bonds. The fourth-order valence-electron chi connectivity index (χ4n) is 1.32. The van der Waals surface area contributed by atoms with Crippen LogP contribution >= 0.6 is 0 Å². The normalized spacial score (nSPS) is 9.76. The van der Waals surface area contributed by atoms with E-state index in [1.54, 1.807) is 12.1 Å². The molecule has 0 saturated heterocycles. The van der Waals surface area contributed by atoms with Crippen LogP contribution in [0.2, 0.25) is 0 Å². The maximum absolute atomic E-state index is 10.7. The number of carbonyl (C=O) groups excluding carboxylic acids is 1. The van der Waals surface area contributed by atoms with Crippen molar-refractivity contribution in [1.29, 1.82) is 0 Å². The first-order chi connectivity index (χ1) is 8.15. The van der Waals surface area contributed by atoms with E-state index in [1.807, 2.05) is 24.1 Å². The Labute approximate surface area is 100.0 Å². The minimum Gasteiger partial charge on any atom is -0.409 e. The number of hydroxylamine groups is 1. The van der Waals surface area contributed by atoms with Crippen LogP contribution in [0.15, 0.2) is 24.3 Å². The van der Waals surface area contributed by atoms with Gasteiger partial charge in [0.15, 0.2) is 0 Å². The summed E-state index contributed by atoms with van der Waals surface area (Å²) in [7, 11) is 1.92. The van der Waals surface area contributed by atoms with Gasteiger partial charge in [-0.25, -0.2) is 10.3 Å². The Morgan fingerprint density at radius 1 is 1.53 bits per heavy atom. The lowest BCUT2D eigenvalue weighted by Crippen LogP contribution is -2.22. The monoisotopic (exact) mass is 234 g/mol. The first kappa shape index (κ1) is 13.0. The molecule has 0 saturated carbocycles. The molecule has 0 aromatic heterocycles. The van der Waals surface area contributed by atoms with Crippen molar-refractivity contribution in [2.24, 2.45) is 0 Å². The molecule has 1 aromatic carbocycles. The fourth-order valence-corrected chi connectivity index (χ4v) is 1.32. The molecule has 0 heterocycles. The summed E-state index contributed by atoms with van der Waals surface area (Å²) in [5, 5.41) is 8.28. The Morgan fingerprint density at radius 2 is 2.18 bits per heavy atom. The highest BCUT2D eigenvalue weighted by atomic mass is 16.6. The number of nitrogens with zero attached hydrogens (tertiary/aromatic N) is 1. The van der Waals surface area contributed by atoms with Crippen LogP contribution in [0.5, 0.6) is 5.75 Å². The zero-order chi connectivity index (χ0) is 12.7. The summed E-state index contributed by atoms with van der Waals surface area (Å²) in [4.78, 5) is 12.7. The molecule has 90 valence electrons. The maximum Gasteiger partial charge on any atom is 0.436 e. The zero-order valence-electron chi connectivity index (χ0n) is 9.51. The van der Waals surface area contributed by atoms with Crippen molar-refractivity contribution in [3.8, 4) is 18.1 Å². The highest BCUT2D eigenvalue weighted by molar-refractivity contribution is 5.68. The molecule has 0 aliphatic rings. The third-order valence-electron chi connectivity index (χ3n) is 2.04. The van der Waals surface area contributed by atoms with Crippen molar-refractivity contribution >= 4 is 6.09 Å². The van der Waals surface area contributed by atoms with Gasteiger partial charge in [-0.3, -0.25) is 10.1 Å². The van der Waals surface area contributed by atoms with E-state index in [2.05, 4.69) is 5.92 Å². The molecule has 0 bridgehead atoms. The van der Waals surface area contributed by atoms with Crippen molar-refractivity contribution in [3.63, 3.8) is 0 Å². The van der Waals surface area contributed by atoms with Crippen LogP contribution < -0.4 is 10.2 Å². The molecular formula is C12H14N2O3. The number of ether oxygens (including phenoxy) is 1. The van der Waals surface area contributed by atoms with Gasteiger partial charge in [0, 0.05) is 6.54 Å². The standard InChI is InChI=1S/C12H14N2O3/c1-3-8-14(2)9-10-4-6-11(7-5-10)17-12(15)13-16/h1,4-7,16H,8-9H2,2H3,(H,13,15). The van der Waals surface area contributed by atoms with E-state index in [4.69, 9.17) is 16.4 Å². The molecular weight excluding hydrogens is 220 g/mol. The number of terminal acetylenes is 1. The summed E-state index contributed by atoms with van der Waals surface area (Å²) < 4.78 is 4.73. The molecule has 5 nitrogen and oxygen atoms in total. The highest BCUT2D eigenvalue weighted by Crippen LogP contribution is 2.13. The highest BCUT2D eigenvalue weighted by Gasteiger charge is 2.03. The minimum absolute atomic E-state index is 0.361. The second-order valence-corrected chi connectivity index (χ2v) is 3.52. The van der Waals surface area contributed by atoms with E-state index in [0.29, 0.717) is 12.3 Å². The average molecular weight is 234 g/mol. The van der Waals surface area contributed by atoms with Gasteiger partial charge in [0.1, 0.15) is 5.75 Å². The molecule has 2 N–H and O–H groups in total. The Morgan fingerprint density at radius 3 is 2.71 bits per heavy atom. The van der Waals surface area contributed by atoms with Crippen LogP contribution in [-0.4, -0.2) is 29.8 Å². The van der Waals surface area contributed by atoms with Gasteiger partial charge in [0.05, 0.1) is 6.54 Å². The van der Waals surface area contributed by atoms with Crippen molar-refractivity contribution in [2.75, 3.05) is 13.6 Å². The lowest BCUT2D eigenvalue weighted by molar-refractivity contribution is 0.127. The summed E-state index contributed by atoms with van der Waals surface area (Å²) in [6, 6.07) is 6.95. The van der Waals surface area contributed by atoms with Gasteiger partial charge in [-0.15, -0.1) is 6.42 Å². The zero-order valence-corrected chi connectivity index (χ0v) is 9.51.